The molecule has 3 heteroatoms. The van der Waals surface area contributed by atoms with Gasteiger partial charge in [0.15, 0.2) is 0 Å². The third kappa shape index (κ3) is 6.82. The number of aryl methyl sites for hydroxylation is 1. The number of anilines is 1. The zero-order valence-corrected chi connectivity index (χ0v) is 15.8. The maximum atomic E-state index is 5.41. The smallest absolute Gasteiger partial charge is 0.0594 e. The van der Waals surface area contributed by atoms with Crippen LogP contribution in [-0.2, 0) is 11.2 Å². The molecule has 1 saturated heterocycles. The second-order valence-electron chi connectivity index (χ2n) is 6.92. The van der Waals surface area contributed by atoms with E-state index in [1.165, 1.54) is 69.4 Å². The molecule has 3 nitrogen and oxygen atoms in total. The van der Waals surface area contributed by atoms with Gasteiger partial charge in [-0.15, -0.1) is 0 Å². The van der Waals surface area contributed by atoms with Gasteiger partial charge in [0.2, 0.25) is 0 Å². The predicted molar refractivity (Wildman–Crippen MR) is 104 cm³/mol. The molecule has 0 radical (unpaired) electrons. The lowest BCUT2D eigenvalue weighted by atomic mass is 10.1. The van der Waals surface area contributed by atoms with Crippen molar-refractivity contribution in [3.05, 3.63) is 29.8 Å². The predicted octanol–water partition coefficient (Wildman–Crippen LogP) is 4.36. The Morgan fingerprint density at radius 2 is 1.54 bits per heavy atom. The maximum Gasteiger partial charge on any atom is 0.0594 e. The van der Waals surface area contributed by atoms with Crippen LogP contribution in [0.2, 0.25) is 0 Å². The van der Waals surface area contributed by atoms with Crippen molar-refractivity contribution in [2.75, 3.05) is 50.8 Å². The summed E-state index contributed by atoms with van der Waals surface area (Å²) in [6.07, 6.45) is 7.52. The first-order valence-electron chi connectivity index (χ1n) is 9.97. The fourth-order valence-electron chi connectivity index (χ4n) is 3.27. The van der Waals surface area contributed by atoms with Crippen LogP contribution < -0.4 is 4.90 Å². The van der Waals surface area contributed by atoms with Crippen LogP contribution in [-0.4, -0.2) is 50.8 Å². The third-order valence-corrected chi connectivity index (χ3v) is 4.91. The van der Waals surface area contributed by atoms with Gasteiger partial charge in [-0.25, -0.2) is 0 Å². The molecule has 0 spiro atoms. The number of ether oxygens (including phenoxy) is 1. The molecule has 0 N–H and O–H groups in total. The number of nitrogens with zero attached hydrogens (tertiary/aromatic N) is 2. The molecule has 0 unspecified atom stereocenters. The zero-order chi connectivity index (χ0) is 17.0. The number of hydrogen-bond acceptors (Lipinski definition) is 3. The Kier molecular flexibility index (Phi) is 9.22. The van der Waals surface area contributed by atoms with Crippen molar-refractivity contribution in [2.24, 2.45) is 0 Å². The fraction of sp³-hybridized carbons (Fsp3) is 0.714. The molecule has 1 aromatic carbocycles. The molecule has 1 fully saturated rings. The van der Waals surface area contributed by atoms with Crippen LogP contribution in [0.1, 0.15) is 51.5 Å². The van der Waals surface area contributed by atoms with Gasteiger partial charge in [0.05, 0.1) is 13.2 Å². The molecule has 0 saturated carbocycles. The Balaban J connectivity index is 1.78. The fourth-order valence-corrected chi connectivity index (χ4v) is 3.27. The van der Waals surface area contributed by atoms with Crippen LogP contribution in [0.3, 0.4) is 0 Å². The minimum Gasteiger partial charge on any atom is -0.379 e. The number of unbranched alkanes of at least 4 members (excludes halogenated alkanes) is 2. The quantitative estimate of drug-likeness (QED) is 0.599. The molecule has 0 aliphatic carbocycles. The Morgan fingerprint density at radius 1 is 0.917 bits per heavy atom. The van der Waals surface area contributed by atoms with Crippen molar-refractivity contribution in [1.82, 2.24) is 4.90 Å². The molecule has 136 valence electrons. The first-order valence-corrected chi connectivity index (χ1v) is 9.97. The first kappa shape index (κ1) is 19.3. The van der Waals surface area contributed by atoms with Crippen molar-refractivity contribution in [3.63, 3.8) is 0 Å². The Bertz CT molecular complexity index is 418. The maximum absolute atomic E-state index is 5.41. The third-order valence-electron chi connectivity index (χ3n) is 4.91. The van der Waals surface area contributed by atoms with Gasteiger partial charge in [0, 0.05) is 31.9 Å². The standard InChI is InChI=1S/C21H36N2O/c1-3-5-14-23(15-6-4-2)21-11-9-20(10-12-21)8-7-13-22-16-18-24-19-17-22/h9-12H,3-8,13-19H2,1-2H3. The van der Waals surface area contributed by atoms with Crippen LogP contribution in [0, 0.1) is 0 Å². The monoisotopic (exact) mass is 332 g/mol. The Morgan fingerprint density at radius 3 is 2.12 bits per heavy atom. The minimum atomic E-state index is 0.903. The van der Waals surface area contributed by atoms with Gasteiger partial charge in [-0.3, -0.25) is 4.90 Å². The van der Waals surface area contributed by atoms with E-state index < -0.39 is 0 Å². The molecule has 1 heterocycles. The number of hydrogen-bond donors (Lipinski definition) is 0. The summed E-state index contributed by atoms with van der Waals surface area (Å²) >= 11 is 0. The van der Waals surface area contributed by atoms with E-state index in [0.29, 0.717) is 0 Å². The van der Waals surface area contributed by atoms with Gasteiger partial charge in [-0.05, 0) is 49.9 Å². The lowest BCUT2D eigenvalue weighted by molar-refractivity contribution is 0.0375. The van der Waals surface area contributed by atoms with Crippen molar-refractivity contribution in [3.8, 4) is 0 Å². The van der Waals surface area contributed by atoms with Crippen molar-refractivity contribution < 1.29 is 4.74 Å². The van der Waals surface area contributed by atoms with E-state index >= 15 is 0 Å². The number of benzene rings is 1. The Hall–Kier alpha value is -1.06. The number of morpholine rings is 1. The van der Waals surface area contributed by atoms with E-state index in [9.17, 15) is 0 Å². The first-order chi connectivity index (χ1) is 11.8. The van der Waals surface area contributed by atoms with E-state index in [1.807, 2.05) is 0 Å². The van der Waals surface area contributed by atoms with Crippen molar-refractivity contribution in [2.45, 2.75) is 52.4 Å². The summed E-state index contributed by atoms with van der Waals surface area (Å²) in [6.45, 7) is 12.1. The van der Waals surface area contributed by atoms with Crippen LogP contribution in [0.4, 0.5) is 5.69 Å². The van der Waals surface area contributed by atoms with Crippen molar-refractivity contribution >= 4 is 5.69 Å². The van der Waals surface area contributed by atoms with Crippen LogP contribution in [0.25, 0.3) is 0 Å². The van der Waals surface area contributed by atoms with Gasteiger partial charge in [0.1, 0.15) is 0 Å². The van der Waals surface area contributed by atoms with Gasteiger partial charge < -0.3 is 9.64 Å². The second kappa shape index (κ2) is 11.5. The molecule has 0 atom stereocenters. The number of rotatable bonds is 11. The van der Waals surface area contributed by atoms with Gasteiger partial charge in [0.25, 0.3) is 0 Å². The zero-order valence-electron chi connectivity index (χ0n) is 15.8. The summed E-state index contributed by atoms with van der Waals surface area (Å²) in [5.74, 6) is 0. The van der Waals surface area contributed by atoms with E-state index in [-0.39, 0.29) is 0 Å². The molecular weight excluding hydrogens is 296 g/mol. The SMILES string of the molecule is CCCCN(CCCC)c1ccc(CCCN2CCOCC2)cc1. The summed E-state index contributed by atoms with van der Waals surface area (Å²) in [5, 5.41) is 0. The van der Waals surface area contributed by atoms with Gasteiger partial charge in [-0.2, -0.15) is 0 Å². The molecule has 1 aliphatic rings. The summed E-state index contributed by atoms with van der Waals surface area (Å²) in [4.78, 5) is 5.08. The van der Waals surface area contributed by atoms with E-state index in [0.717, 1.165) is 26.3 Å². The molecule has 24 heavy (non-hydrogen) atoms. The van der Waals surface area contributed by atoms with E-state index in [1.54, 1.807) is 0 Å². The van der Waals surface area contributed by atoms with E-state index in [4.69, 9.17) is 4.74 Å². The van der Waals surface area contributed by atoms with Crippen LogP contribution in [0.15, 0.2) is 24.3 Å². The normalized spacial score (nSPS) is 15.6. The highest BCUT2D eigenvalue weighted by Gasteiger charge is 2.10. The molecular formula is C21H36N2O. The molecule has 0 amide bonds. The highest BCUT2D eigenvalue weighted by molar-refractivity contribution is 5.47. The molecule has 2 rings (SSSR count). The highest BCUT2D eigenvalue weighted by Crippen LogP contribution is 2.18. The van der Waals surface area contributed by atoms with Crippen molar-refractivity contribution in [1.29, 1.82) is 0 Å². The lowest BCUT2D eigenvalue weighted by Gasteiger charge is -2.26. The highest BCUT2D eigenvalue weighted by atomic mass is 16.5. The summed E-state index contributed by atoms with van der Waals surface area (Å²) in [6, 6.07) is 9.32. The molecule has 0 bridgehead atoms. The molecule has 0 aromatic heterocycles. The second-order valence-corrected chi connectivity index (χ2v) is 6.92. The van der Waals surface area contributed by atoms with Crippen LogP contribution >= 0.6 is 0 Å². The Labute approximate surface area is 149 Å². The largest absolute Gasteiger partial charge is 0.379 e. The van der Waals surface area contributed by atoms with Crippen LogP contribution in [0.5, 0.6) is 0 Å². The average Bonchev–Trinajstić information content (AvgIpc) is 2.64. The minimum absolute atomic E-state index is 0.903. The topological polar surface area (TPSA) is 15.7 Å². The summed E-state index contributed by atoms with van der Waals surface area (Å²) in [7, 11) is 0. The molecule has 1 aliphatic heterocycles. The van der Waals surface area contributed by atoms with Gasteiger partial charge >= 0.3 is 0 Å². The van der Waals surface area contributed by atoms with Gasteiger partial charge in [-0.1, -0.05) is 38.8 Å². The van der Waals surface area contributed by atoms with E-state index in [2.05, 4.69) is 47.9 Å². The lowest BCUT2D eigenvalue weighted by Crippen LogP contribution is -2.36. The molecule has 1 aromatic rings. The summed E-state index contributed by atoms with van der Waals surface area (Å²) < 4.78 is 5.41. The average molecular weight is 333 g/mol. The summed E-state index contributed by atoms with van der Waals surface area (Å²) in [5.41, 5.74) is 2.87.